The highest BCUT2D eigenvalue weighted by atomic mass is 19.1. The number of nitrogens with zero attached hydrogens (tertiary/aromatic N) is 1. The zero-order chi connectivity index (χ0) is 15.0. The quantitative estimate of drug-likeness (QED) is 0.914. The molecule has 116 valence electrons. The number of hydrogen-bond acceptors (Lipinski definition) is 2. The highest BCUT2D eigenvalue weighted by Gasteiger charge is 2.46. The Bertz CT molecular complexity index is 498. The predicted molar refractivity (Wildman–Crippen MR) is 84.6 cm³/mol. The fourth-order valence-corrected chi connectivity index (χ4v) is 3.76. The van der Waals surface area contributed by atoms with Gasteiger partial charge in [-0.2, -0.15) is 0 Å². The molecule has 2 aliphatic rings. The summed E-state index contributed by atoms with van der Waals surface area (Å²) in [6.45, 7) is 9.89. The largest absolute Gasteiger partial charge is 0.308 e. The normalized spacial score (nSPS) is 30.8. The molecule has 2 atom stereocenters. The number of benzene rings is 1. The highest BCUT2D eigenvalue weighted by molar-refractivity contribution is 5.17. The molecule has 3 rings (SSSR count). The zero-order valence-electron chi connectivity index (χ0n) is 13.4. The van der Waals surface area contributed by atoms with Crippen molar-refractivity contribution in [1.82, 2.24) is 10.2 Å². The standard InChI is InChI=1S/C18H27FN2/c1-13(2)17-10-20-18(3,15-7-8-15)12-21(17)11-14-5-4-6-16(19)9-14/h4-6,9,13,15,17,20H,7-8,10-12H2,1-3H3. The van der Waals surface area contributed by atoms with E-state index in [9.17, 15) is 4.39 Å². The van der Waals surface area contributed by atoms with E-state index in [1.807, 2.05) is 12.1 Å². The molecule has 1 saturated heterocycles. The van der Waals surface area contributed by atoms with Crippen LogP contribution in [0.25, 0.3) is 0 Å². The lowest BCUT2D eigenvalue weighted by Gasteiger charge is -2.48. The van der Waals surface area contributed by atoms with Crippen LogP contribution in [0.4, 0.5) is 4.39 Å². The Morgan fingerprint density at radius 3 is 2.76 bits per heavy atom. The van der Waals surface area contributed by atoms with Gasteiger partial charge in [0.1, 0.15) is 5.82 Å². The van der Waals surface area contributed by atoms with Crippen LogP contribution in [0.3, 0.4) is 0 Å². The van der Waals surface area contributed by atoms with E-state index in [0.717, 1.165) is 31.1 Å². The molecule has 21 heavy (non-hydrogen) atoms. The monoisotopic (exact) mass is 290 g/mol. The third kappa shape index (κ3) is 3.29. The van der Waals surface area contributed by atoms with Gasteiger partial charge in [-0.05, 0) is 49.3 Å². The summed E-state index contributed by atoms with van der Waals surface area (Å²) in [4.78, 5) is 2.56. The Kier molecular flexibility index (Phi) is 4.06. The van der Waals surface area contributed by atoms with E-state index < -0.39 is 0 Å². The van der Waals surface area contributed by atoms with Gasteiger partial charge in [-0.3, -0.25) is 4.90 Å². The Labute approximate surface area is 127 Å². The first kappa shape index (κ1) is 15.0. The summed E-state index contributed by atoms with van der Waals surface area (Å²) in [6, 6.07) is 7.58. The molecular weight excluding hydrogens is 263 g/mol. The lowest BCUT2D eigenvalue weighted by Crippen LogP contribution is -2.64. The average Bonchev–Trinajstić information content (AvgIpc) is 3.23. The minimum absolute atomic E-state index is 0.131. The van der Waals surface area contributed by atoms with Gasteiger partial charge in [0.25, 0.3) is 0 Å². The first-order valence-electron chi connectivity index (χ1n) is 8.21. The van der Waals surface area contributed by atoms with Crippen molar-refractivity contribution < 1.29 is 4.39 Å². The molecule has 1 aliphatic carbocycles. The Morgan fingerprint density at radius 1 is 1.38 bits per heavy atom. The number of piperazine rings is 1. The van der Waals surface area contributed by atoms with E-state index in [1.165, 1.54) is 18.9 Å². The maximum absolute atomic E-state index is 13.4. The van der Waals surface area contributed by atoms with Gasteiger partial charge in [-0.15, -0.1) is 0 Å². The molecule has 0 aromatic heterocycles. The van der Waals surface area contributed by atoms with Crippen LogP contribution in [0, 0.1) is 17.7 Å². The summed E-state index contributed by atoms with van der Waals surface area (Å²) in [5, 5.41) is 3.80. The number of halogens is 1. The lowest BCUT2D eigenvalue weighted by atomic mass is 9.88. The molecular formula is C18H27FN2. The first-order valence-corrected chi connectivity index (χ1v) is 8.21. The number of nitrogens with one attached hydrogen (secondary N) is 1. The van der Waals surface area contributed by atoms with E-state index in [4.69, 9.17) is 0 Å². The number of rotatable bonds is 4. The van der Waals surface area contributed by atoms with Crippen LogP contribution in [0.15, 0.2) is 24.3 Å². The van der Waals surface area contributed by atoms with Gasteiger partial charge in [0.15, 0.2) is 0 Å². The average molecular weight is 290 g/mol. The molecule has 1 aliphatic heterocycles. The molecule has 0 spiro atoms. The van der Waals surface area contributed by atoms with Crippen molar-refractivity contribution in [3.05, 3.63) is 35.6 Å². The fourth-order valence-electron chi connectivity index (χ4n) is 3.76. The lowest BCUT2D eigenvalue weighted by molar-refractivity contribution is 0.0462. The van der Waals surface area contributed by atoms with Gasteiger partial charge in [0, 0.05) is 31.2 Å². The Hall–Kier alpha value is -0.930. The second-order valence-electron chi connectivity index (χ2n) is 7.42. The zero-order valence-corrected chi connectivity index (χ0v) is 13.4. The van der Waals surface area contributed by atoms with Crippen molar-refractivity contribution in [1.29, 1.82) is 0 Å². The van der Waals surface area contributed by atoms with Crippen LogP contribution >= 0.6 is 0 Å². The van der Waals surface area contributed by atoms with Crippen molar-refractivity contribution in [3.8, 4) is 0 Å². The van der Waals surface area contributed by atoms with Crippen molar-refractivity contribution >= 4 is 0 Å². The van der Waals surface area contributed by atoms with E-state index in [2.05, 4.69) is 31.0 Å². The molecule has 0 amide bonds. The number of hydrogen-bond donors (Lipinski definition) is 1. The van der Waals surface area contributed by atoms with Crippen LogP contribution in [-0.2, 0) is 6.54 Å². The molecule has 2 unspecified atom stereocenters. The first-order chi connectivity index (χ1) is 9.98. The molecule has 0 radical (unpaired) electrons. The van der Waals surface area contributed by atoms with Crippen LogP contribution in [0.1, 0.15) is 39.2 Å². The summed E-state index contributed by atoms with van der Waals surface area (Å²) in [5.41, 5.74) is 1.32. The SMILES string of the molecule is CC(C)C1CNC(C)(C2CC2)CN1Cc1cccc(F)c1. The van der Waals surface area contributed by atoms with Gasteiger partial charge in [0.05, 0.1) is 0 Å². The molecule has 1 N–H and O–H groups in total. The molecule has 3 heteroatoms. The van der Waals surface area contributed by atoms with Gasteiger partial charge in [-0.1, -0.05) is 26.0 Å². The molecule has 2 nitrogen and oxygen atoms in total. The third-order valence-electron chi connectivity index (χ3n) is 5.24. The van der Waals surface area contributed by atoms with Crippen LogP contribution < -0.4 is 5.32 Å². The van der Waals surface area contributed by atoms with Crippen molar-refractivity contribution in [2.45, 2.75) is 51.7 Å². The molecule has 1 aromatic rings. The van der Waals surface area contributed by atoms with Crippen LogP contribution in [0.2, 0.25) is 0 Å². The van der Waals surface area contributed by atoms with Crippen molar-refractivity contribution in [2.75, 3.05) is 13.1 Å². The fraction of sp³-hybridized carbons (Fsp3) is 0.667. The smallest absolute Gasteiger partial charge is 0.123 e. The molecule has 2 fully saturated rings. The van der Waals surface area contributed by atoms with Crippen LogP contribution in [-0.4, -0.2) is 29.6 Å². The molecule has 0 bridgehead atoms. The summed E-state index contributed by atoms with van der Waals surface area (Å²) < 4.78 is 13.4. The topological polar surface area (TPSA) is 15.3 Å². The summed E-state index contributed by atoms with van der Waals surface area (Å²) in [6.07, 6.45) is 2.70. The highest BCUT2D eigenvalue weighted by Crippen LogP contribution is 2.42. The summed E-state index contributed by atoms with van der Waals surface area (Å²) in [7, 11) is 0. The summed E-state index contributed by atoms with van der Waals surface area (Å²) >= 11 is 0. The molecule has 1 aromatic carbocycles. The van der Waals surface area contributed by atoms with Gasteiger partial charge in [0.2, 0.25) is 0 Å². The van der Waals surface area contributed by atoms with Crippen LogP contribution in [0.5, 0.6) is 0 Å². The second kappa shape index (κ2) is 5.69. The second-order valence-corrected chi connectivity index (χ2v) is 7.42. The van der Waals surface area contributed by atoms with E-state index in [1.54, 1.807) is 6.07 Å². The van der Waals surface area contributed by atoms with E-state index in [-0.39, 0.29) is 11.4 Å². The Balaban J connectivity index is 1.77. The van der Waals surface area contributed by atoms with E-state index in [0.29, 0.717) is 12.0 Å². The minimum Gasteiger partial charge on any atom is -0.308 e. The maximum atomic E-state index is 13.4. The van der Waals surface area contributed by atoms with E-state index >= 15 is 0 Å². The van der Waals surface area contributed by atoms with Gasteiger partial charge in [-0.25, -0.2) is 4.39 Å². The Morgan fingerprint density at radius 2 is 2.14 bits per heavy atom. The minimum atomic E-state index is -0.131. The van der Waals surface area contributed by atoms with Crippen molar-refractivity contribution in [3.63, 3.8) is 0 Å². The third-order valence-corrected chi connectivity index (χ3v) is 5.24. The predicted octanol–water partition coefficient (Wildman–Crippen LogP) is 3.42. The van der Waals surface area contributed by atoms with Gasteiger partial charge < -0.3 is 5.32 Å². The van der Waals surface area contributed by atoms with Crippen molar-refractivity contribution in [2.24, 2.45) is 11.8 Å². The maximum Gasteiger partial charge on any atom is 0.123 e. The summed E-state index contributed by atoms with van der Waals surface area (Å²) in [5.74, 6) is 1.30. The van der Waals surface area contributed by atoms with Gasteiger partial charge >= 0.3 is 0 Å². The molecule has 1 heterocycles. The molecule has 1 saturated carbocycles.